The number of hydrogen-bond acceptors (Lipinski definition) is 2. The number of carbonyl (C=O) groups excluding carboxylic acids is 1. The SMILES string of the molecule is O=CCC#CCN1CCc2ccccc2C1. The lowest BCUT2D eigenvalue weighted by atomic mass is 10.0. The third kappa shape index (κ3) is 2.71. The van der Waals surface area contributed by atoms with Gasteiger partial charge in [0.15, 0.2) is 0 Å². The molecule has 2 nitrogen and oxygen atoms in total. The van der Waals surface area contributed by atoms with Crippen LogP contribution >= 0.6 is 0 Å². The summed E-state index contributed by atoms with van der Waals surface area (Å²) in [5, 5.41) is 0. The number of hydrogen-bond donors (Lipinski definition) is 0. The highest BCUT2D eigenvalue weighted by Gasteiger charge is 2.13. The van der Waals surface area contributed by atoms with Crippen LogP contribution in [0.3, 0.4) is 0 Å². The molecule has 1 heterocycles. The number of rotatable bonds is 2. The van der Waals surface area contributed by atoms with E-state index < -0.39 is 0 Å². The highest BCUT2D eigenvalue weighted by atomic mass is 16.1. The summed E-state index contributed by atoms with van der Waals surface area (Å²) in [5.41, 5.74) is 2.87. The van der Waals surface area contributed by atoms with Gasteiger partial charge in [-0.3, -0.25) is 4.90 Å². The van der Waals surface area contributed by atoms with E-state index in [1.807, 2.05) is 0 Å². The van der Waals surface area contributed by atoms with E-state index in [0.717, 1.165) is 32.3 Å². The molecule has 0 bridgehead atoms. The molecule has 2 heteroatoms. The normalized spacial score (nSPS) is 14.8. The zero-order chi connectivity index (χ0) is 11.2. The van der Waals surface area contributed by atoms with E-state index >= 15 is 0 Å². The summed E-state index contributed by atoms with van der Waals surface area (Å²) in [6.07, 6.45) is 2.30. The topological polar surface area (TPSA) is 20.3 Å². The van der Waals surface area contributed by atoms with Crippen LogP contribution in [0.1, 0.15) is 17.5 Å². The quantitative estimate of drug-likeness (QED) is 0.550. The van der Waals surface area contributed by atoms with Crippen LogP contribution in [-0.2, 0) is 17.8 Å². The minimum absolute atomic E-state index is 0.352. The zero-order valence-electron chi connectivity index (χ0n) is 9.28. The van der Waals surface area contributed by atoms with Crippen molar-refractivity contribution in [3.8, 4) is 11.8 Å². The lowest BCUT2D eigenvalue weighted by Gasteiger charge is -2.26. The van der Waals surface area contributed by atoms with Crippen molar-refractivity contribution in [3.05, 3.63) is 35.4 Å². The number of aldehydes is 1. The van der Waals surface area contributed by atoms with Crippen LogP contribution in [0, 0.1) is 11.8 Å². The number of fused-ring (bicyclic) bond motifs is 1. The Bertz CT molecular complexity index is 428. The van der Waals surface area contributed by atoms with E-state index in [1.54, 1.807) is 0 Å². The molecule has 0 saturated carbocycles. The molecule has 82 valence electrons. The Morgan fingerprint density at radius 2 is 2.06 bits per heavy atom. The van der Waals surface area contributed by atoms with Gasteiger partial charge in [-0.15, -0.1) is 0 Å². The fourth-order valence-electron chi connectivity index (χ4n) is 1.97. The maximum absolute atomic E-state index is 10.1. The summed E-state index contributed by atoms with van der Waals surface area (Å²) in [7, 11) is 0. The lowest BCUT2D eigenvalue weighted by molar-refractivity contribution is -0.107. The largest absolute Gasteiger partial charge is 0.302 e. The molecule has 2 rings (SSSR count). The van der Waals surface area contributed by atoms with E-state index in [1.165, 1.54) is 11.1 Å². The number of carbonyl (C=O) groups is 1. The predicted octanol–water partition coefficient (Wildman–Crippen LogP) is 1.64. The van der Waals surface area contributed by atoms with Gasteiger partial charge in [0.25, 0.3) is 0 Å². The average Bonchev–Trinajstić information content (AvgIpc) is 2.34. The second kappa shape index (κ2) is 5.48. The molecule has 0 spiro atoms. The molecule has 16 heavy (non-hydrogen) atoms. The Balaban J connectivity index is 1.93. The molecule has 0 aliphatic carbocycles. The fraction of sp³-hybridized carbons (Fsp3) is 0.357. The first kappa shape index (κ1) is 10.9. The van der Waals surface area contributed by atoms with Crippen molar-refractivity contribution in [3.63, 3.8) is 0 Å². The predicted molar refractivity (Wildman–Crippen MR) is 63.9 cm³/mol. The van der Waals surface area contributed by atoms with Crippen LogP contribution in [0.4, 0.5) is 0 Å². The first-order valence-corrected chi connectivity index (χ1v) is 5.58. The molecule has 1 aromatic rings. The summed E-state index contributed by atoms with van der Waals surface area (Å²) < 4.78 is 0. The third-order valence-corrected chi connectivity index (χ3v) is 2.82. The second-order valence-electron chi connectivity index (χ2n) is 3.95. The fourth-order valence-corrected chi connectivity index (χ4v) is 1.97. The van der Waals surface area contributed by atoms with Gasteiger partial charge in [-0.25, -0.2) is 0 Å². The minimum Gasteiger partial charge on any atom is -0.302 e. The van der Waals surface area contributed by atoms with Crippen LogP contribution in [0.25, 0.3) is 0 Å². The van der Waals surface area contributed by atoms with E-state index in [9.17, 15) is 4.79 Å². The third-order valence-electron chi connectivity index (χ3n) is 2.82. The molecular weight excluding hydrogens is 198 g/mol. The number of benzene rings is 1. The Labute approximate surface area is 96.3 Å². The van der Waals surface area contributed by atoms with Crippen LogP contribution < -0.4 is 0 Å². The lowest BCUT2D eigenvalue weighted by Crippen LogP contribution is -2.30. The van der Waals surface area contributed by atoms with E-state index in [-0.39, 0.29) is 0 Å². The zero-order valence-corrected chi connectivity index (χ0v) is 9.28. The summed E-state index contributed by atoms with van der Waals surface area (Å²) in [6.45, 7) is 2.81. The molecule has 1 aliphatic rings. The smallest absolute Gasteiger partial charge is 0.131 e. The second-order valence-corrected chi connectivity index (χ2v) is 3.95. The molecular formula is C14H15NO. The van der Waals surface area contributed by atoms with Crippen molar-refractivity contribution in [2.45, 2.75) is 19.4 Å². The molecule has 1 aromatic carbocycles. The Morgan fingerprint density at radius 3 is 2.88 bits per heavy atom. The van der Waals surface area contributed by atoms with Crippen LogP contribution in [0.2, 0.25) is 0 Å². The summed E-state index contributed by atoms with van der Waals surface area (Å²) in [4.78, 5) is 12.4. The molecule has 0 aromatic heterocycles. The van der Waals surface area contributed by atoms with Crippen molar-refractivity contribution >= 4 is 6.29 Å². The van der Waals surface area contributed by atoms with E-state index in [0.29, 0.717) is 6.42 Å². The van der Waals surface area contributed by atoms with Crippen molar-refractivity contribution < 1.29 is 4.79 Å². The average molecular weight is 213 g/mol. The molecule has 0 N–H and O–H groups in total. The van der Waals surface area contributed by atoms with Crippen LogP contribution in [0.5, 0.6) is 0 Å². The Kier molecular flexibility index (Phi) is 3.74. The van der Waals surface area contributed by atoms with Gasteiger partial charge < -0.3 is 4.79 Å². The summed E-state index contributed by atoms with van der Waals surface area (Å²) in [6, 6.07) is 8.56. The first-order valence-electron chi connectivity index (χ1n) is 5.58. The molecule has 0 atom stereocenters. The summed E-state index contributed by atoms with van der Waals surface area (Å²) in [5.74, 6) is 5.88. The van der Waals surface area contributed by atoms with Gasteiger partial charge in [-0.05, 0) is 17.5 Å². The Hall–Kier alpha value is -1.59. The molecule has 0 saturated heterocycles. The summed E-state index contributed by atoms with van der Waals surface area (Å²) >= 11 is 0. The standard InChI is InChI=1S/C14H15NO/c16-11-5-1-4-9-15-10-8-13-6-2-3-7-14(13)12-15/h2-3,6-7,11H,5,8-10,12H2. The number of nitrogens with zero attached hydrogens (tertiary/aromatic N) is 1. The maximum atomic E-state index is 10.1. The van der Waals surface area contributed by atoms with Crippen LogP contribution in [0.15, 0.2) is 24.3 Å². The van der Waals surface area contributed by atoms with E-state index in [2.05, 4.69) is 41.0 Å². The van der Waals surface area contributed by atoms with Crippen molar-refractivity contribution in [1.29, 1.82) is 0 Å². The van der Waals surface area contributed by atoms with Crippen LogP contribution in [-0.4, -0.2) is 24.3 Å². The first-order chi connectivity index (χ1) is 7.90. The molecule has 0 radical (unpaired) electrons. The van der Waals surface area contributed by atoms with E-state index in [4.69, 9.17) is 0 Å². The molecule has 0 unspecified atom stereocenters. The van der Waals surface area contributed by atoms with Crippen molar-refractivity contribution in [2.75, 3.05) is 13.1 Å². The molecule has 0 fully saturated rings. The maximum Gasteiger partial charge on any atom is 0.131 e. The van der Waals surface area contributed by atoms with Gasteiger partial charge in [0.05, 0.1) is 13.0 Å². The highest BCUT2D eigenvalue weighted by molar-refractivity contribution is 5.53. The van der Waals surface area contributed by atoms with Gasteiger partial charge in [-0.1, -0.05) is 36.1 Å². The van der Waals surface area contributed by atoms with Crippen molar-refractivity contribution in [2.24, 2.45) is 0 Å². The van der Waals surface area contributed by atoms with Gasteiger partial charge >= 0.3 is 0 Å². The monoisotopic (exact) mass is 213 g/mol. The highest BCUT2D eigenvalue weighted by Crippen LogP contribution is 2.17. The van der Waals surface area contributed by atoms with Gasteiger partial charge in [0.1, 0.15) is 6.29 Å². The van der Waals surface area contributed by atoms with Crippen molar-refractivity contribution in [1.82, 2.24) is 4.90 Å². The Morgan fingerprint density at radius 1 is 1.25 bits per heavy atom. The van der Waals surface area contributed by atoms with Gasteiger partial charge in [0.2, 0.25) is 0 Å². The minimum atomic E-state index is 0.352. The van der Waals surface area contributed by atoms with Gasteiger partial charge in [-0.2, -0.15) is 0 Å². The molecule has 0 amide bonds. The molecule has 1 aliphatic heterocycles. The van der Waals surface area contributed by atoms with Gasteiger partial charge in [0, 0.05) is 13.1 Å².